The average molecular weight is 346 g/mol. The maximum atomic E-state index is 12.6. The summed E-state index contributed by atoms with van der Waals surface area (Å²) >= 11 is 0. The quantitative estimate of drug-likeness (QED) is 0.924. The molecule has 0 aliphatic carbocycles. The average Bonchev–Trinajstić information content (AvgIpc) is 2.55. The van der Waals surface area contributed by atoms with E-state index in [1.807, 2.05) is 32.2 Å². The van der Waals surface area contributed by atoms with Gasteiger partial charge in [0.25, 0.3) is 10.0 Å². The van der Waals surface area contributed by atoms with Crippen LogP contribution in [0, 0.1) is 6.92 Å². The Morgan fingerprint density at radius 3 is 2.67 bits per heavy atom. The molecule has 2 aromatic rings. The van der Waals surface area contributed by atoms with Gasteiger partial charge in [-0.15, -0.1) is 0 Å². The van der Waals surface area contributed by atoms with Gasteiger partial charge in [-0.25, -0.2) is 8.42 Å². The Morgan fingerprint density at radius 1 is 1.17 bits per heavy atom. The van der Waals surface area contributed by atoms with Crippen molar-refractivity contribution in [3.8, 4) is 5.75 Å². The van der Waals surface area contributed by atoms with E-state index in [4.69, 9.17) is 4.74 Å². The van der Waals surface area contributed by atoms with Crippen molar-refractivity contribution >= 4 is 21.4 Å². The van der Waals surface area contributed by atoms with Crippen molar-refractivity contribution in [1.29, 1.82) is 0 Å². The Morgan fingerprint density at radius 2 is 1.96 bits per heavy atom. The molecule has 0 atom stereocenters. The van der Waals surface area contributed by atoms with E-state index in [0.717, 1.165) is 30.6 Å². The van der Waals surface area contributed by atoms with Gasteiger partial charge in [0.1, 0.15) is 5.75 Å². The van der Waals surface area contributed by atoms with E-state index in [1.54, 1.807) is 25.3 Å². The number of benzene rings is 2. The zero-order valence-electron chi connectivity index (χ0n) is 14.2. The fourth-order valence-electron chi connectivity index (χ4n) is 3.05. The summed E-state index contributed by atoms with van der Waals surface area (Å²) < 4.78 is 33.1. The number of nitrogens with zero attached hydrogens (tertiary/aromatic N) is 1. The fourth-order valence-corrected chi connectivity index (χ4v) is 4.19. The van der Waals surface area contributed by atoms with Crippen molar-refractivity contribution in [2.45, 2.75) is 24.7 Å². The standard InChI is InChI=1S/C18H22N2O3S/c1-13-11-16(8-9-18(13)23-3)24(21,22)19-15-7-6-14-5-4-10-20(2)17(14)12-15/h6-9,11-12,19H,4-5,10H2,1-3H3. The van der Waals surface area contributed by atoms with E-state index in [0.29, 0.717) is 11.4 Å². The number of rotatable bonds is 4. The van der Waals surface area contributed by atoms with Crippen molar-refractivity contribution in [3.05, 3.63) is 47.5 Å². The Hall–Kier alpha value is -2.21. The molecule has 128 valence electrons. The SMILES string of the molecule is COc1ccc(S(=O)(=O)Nc2ccc3c(c2)N(C)CCC3)cc1C. The van der Waals surface area contributed by atoms with Gasteiger partial charge in [0.05, 0.1) is 17.7 Å². The number of anilines is 2. The summed E-state index contributed by atoms with van der Waals surface area (Å²) in [7, 11) is -0.0302. The van der Waals surface area contributed by atoms with Gasteiger partial charge in [0.2, 0.25) is 0 Å². The first-order valence-electron chi connectivity index (χ1n) is 7.92. The molecule has 24 heavy (non-hydrogen) atoms. The van der Waals surface area contributed by atoms with E-state index in [1.165, 1.54) is 5.56 Å². The fraction of sp³-hybridized carbons (Fsp3) is 0.333. The molecule has 0 spiro atoms. The van der Waals surface area contributed by atoms with Crippen LogP contribution in [0.25, 0.3) is 0 Å². The molecule has 0 amide bonds. The molecule has 6 heteroatoms. The van der Waals surface area contributed by atoms with Crippen LogP contribution in [0.2, 0.25) is 0 Å². The number of nitrogens with one attached hydrogen (secondary N) is 1. The second kappa shape index (κ2) is 6.36. The van der Waals surface area contributed by atoms with E-state index in [2.05, 4.69) is 9.62 Å². The Bertz CT molecular complexity index is 863. The van der Waals surface area contributed by atoms with E-state index in [-0.39, 0.29) is 4.90 Å². The van der Waals surface area contributed by atoms with Crippen LogP contribution in [-0.2, 0) is 16.4 Å². The molecule has 1 aliphatic rings. The molecule has 1 N–H and O–H groups in total. The minimum atomic E-state index is -3.63. The predicted molar refractivity (Wildman–Crippen MR) is 96.6 cm³/mol. The number of ether oxygens (including phenoxy) is 1. The summed E-state index contributed by atoms with van der Waals surface area (Å²) in [5.41, 5.74) is 3.71. The highest BCUT2D eigenvalue weighted by molar-refractivity contribution is 7.92. The number of methoxy groups -OCH3 is 1. The number of fused-ring (bicyclic) bond motifs is 1. The van der Waals surface area contributed by atoms with Gasteiger partial charge in [-0.3, -0.25) is 4.72 Å². The topological polar surface area (TPSA) is 58.6 Å². The first-order chi connectivity index (χ1) is 11.4. The Balaban J connectivity index is 1.90. The van der Waals surface area contributed by atoms with Crippen LogP contribution in [0.3, 0.4) is 0 Å². The number of sulfonamides is 1. The lowest BCUT2D eigenvalue weighted by molar-refractivity contribution is 0.411. The maximum absolute atomic E-state index is 12.6. The minimum absolute atomic E-state index is 0.229. The lowest BCUT2D eigenvalue weighted by Gasteiger charge is -2.28. The van der Waals surface area contributed by atoms with Gasteiger partial charge in [-0.2, -0.15) is 0 Å². The molecule has 2 aromatic carbocycles. The van der Waals surface area contributed by atoms with Gasteiger partial charge < -0.3 is 9.64 Å². The third-order valence-corrected chi connectivity index (χ3v) is 5.74. The van der Waals surface area contributed by atoms with Crippen LogP contribution in [0.5, 0.6) is 5.75 Å². The molecule has 5 nitrogen and oxygen atoms in total. The first-order valence-corrected chi connectivity index (χ1v) is 9.40. The lowest BCUT2D eigenvalue weighted by atomic mass is 10.0. The van der Waals surface area contributed by atoms with E-state index < -0.39 is 10.0 Å². The zero-order valence-corrected chi connectivity index (χ0v) is 15.0. The molecule has 0 fully saturated rings. The van der Waals surface area contributed by atoms with Gasteiger partial charge in [-0.05, 0) is 61.2 Å². The summed E-state index contributed by atoms with van der Waals surface area (Å²) in [4.78, 5) is 2.39. The van der Waals surface area contributed by atoms with Crippen LogP contribution in [-0.4, -0.2) is 29.1 Å². The second-order valence-corrected chi connectivity index (χ2v) is 7.79. The molecular formula is C18H22N2O3S. The Labute approximate surface area is 143 Å². The summed E-state index contributed by atoms with van der Waals surface area (Å²) in [5, 5.41) is 0. The van der Waals surface area contributed by atoms with E-state index in [9.17, 15) is 8.42 Å². The molecule has 1 aliphatic heterocycles. The van der Waals surface area contributed by atoms with Crippen LogP contribution in [0.4, 0.5) is 11.4 Å². The number of hydrogen-bond acceptors (Lipinski definition) is 4. The van der Waals surface area contributed by atoms with Gasteiger partial charge in [0, 0.05) is 19.3 Å². The summed E-state index contributed by atoms with van der Waals surface area (Å²) in [5.74, 6) is 0.671. The van der Waals surface area contributed by atoms with Gasteiger partial charge in [-0.1, -0.05) is 6.07 Å². The third kappa shape index (κ3) is 3.19. The van der Waals surface area contributed by atoms with Crippen molar-refractivity contribution in [3.63, 3.8) is 0 Å². The molecule has 0 unspecified atom stereocenters. The first kappa shape index (κ1) is 16.6. The van der Waals surface area contributed by atoms with E-state index >= 15 is 0 Å². The molecule has 1 heterocycles. The number of hydrogen-bond donors (Lipinski definition) is 1. The van der Waals surface area contributed by atoms with Crippen molar-refractivity contribution in [1.82, 2.24) is 0 Å². The van der Waals surface area contributed by atoms with Crippen LogP contribution >= 0.6 is 0 Å². The Kier molecular flexibility index (Phi) is 4.41. The third-order valence-electron chi connectivity index (χ3n) is 4.37. The maximum Gasteiger partial charge on any atom is 0.261 e. The predicted octanol–water partition coefficient (Wildman–Crippen LogP) is 3.19. The van der Waals surface area contributed by atoms with Crippen LogP contribution < -0.4 is 14.4 Å². The lowest BCUT2D eigenvalue weighted by Crippen LogP contribution is -2.25. The highest BCUT2D eigenvalue weighted by atomic mass is 32.2. The van der Waals surface area contributed by atoms with Crippen molar-refractivity contribution in [2.24, 2.45) is 0 Å². The summed E-state index contributed by atoms with van der Waals surface area (Å²) in [6.07, 6.45) is 2.16. The zero-order chi connectivity index (χ0) is 17.3. The van der Waals surface area contributed by atoms with Crippen LogP contribution in [0.15, 0.2) is 41.3 Å². The molecule has 0 radical (unpaired) electrons. The molecule has 3 rings (SSSR count). The van der Waals surface area contributed by atoms with Crippen molar-refractivity contribution < 1.29 is 13.2 Å². The number of aryl methyl sites for hydroxylation is 2. The summed E-state index contributed by atoms with van der Waals surface area (Å²) in [6.45, 7) is 2.81. The largest absolute Gasteiger partial charge is 0.496 e. The van der Waals surface area contributed by atoms with Crippen molar-refractivity contribution in [2.75, 3.05) is 30.3 Å². The molecule has 0 saturated carbocycles. The smallest absolute Gasteiger partial charge is 0.261 e. The highest BCUT2D eigenvalue weighted by Crippen LogP contribution is 2.30. The molecule has 0 bridgehead atoms. The molecule has 0 aromatic heterocycles. The molecule has 0 saturated heterocycles. The highest BCUT2D eigenvalue weighted by Gasteiger charge is 2.18. The molecular weight excluding hydrogens is 324 g/mol. The van der Waals surface area contributed by atoms with Gasteiger partial charge in [0.15, 0.2) is 0 Å². The van der Waals surface area contributed by atoms with Crippen LogP contribution in [0.1, 0.15) is 17.5 Å². The second-order valence-electron chi connectivity index (χ2n) is 6.11. The normalized spacial score (nSPS) is 14.2. The summed E-state index contributed by atoms with van der Waals surface area (Å²) in [6, 6.07) is 10.6. The monoisotopic (exact) mass is 346 g/mol. The van der Waals surface area contributed by atoms with Gasteiger partial charge >= 0.3 is 0 Å². The minimum Gasteiger partial charge on any atom is -0.496 e.